The summed E-state index contributed by atoms with van der Waals surface area (Å²) in [7, 11) is -1.46. The summed E-state index contributed by atoms with van der Waals surface area (Å²) in [5.74, 6) is -1.05. The highest BCUT2D eigenvalue weighted by atomic mass is 32.2. The minimum Gasteiger partial charge on any atom is -0.495 e. The Morgan fingerprint density at radius 1 is 1.23 bits per heavy atom. The third-order valence-corrected chi connectivity index (χ3v) is 4.49. The maximum absolute atomic E-state index is 12.6. The number of nitrogens with one attached hydrogen (secondary N) is 1. The Labute approximate surface area is 130 Å². The van der Waals surface area contributed by atoms with Crippen molar-refractivity contribution < 1.29 is 27.8 Å². The monoisotopic (exact) mass is 331 g/mol. The van der Waals surface area contributed by atoms with Gasteiger partial charge >= 0.3 is 5.97 Å². The van der Waals surface area contributed by atoms with E-state index in [1.165, 1.54) is 26.4 Å². The second kappa shape index (κ2) is 7.46. The van der Waals surface area contributed by atoms with E-state index >= 15 is 0 Å². The smallest absolute Gasteiger partial charge is 0.321 e. The summed E-state index contributed by atoms with van der Waals surface area (Å²) < 4.78 is 37.4. The van der Waals surface area contributed by atoms with Crippen LogP contribution in [-0.2, 0) is 14.8 Å². The van der Waals surface area contributed by atoms with Crippen LogP contribution < -0.4 is 14.2 Å². The summed E-state index contributed by atoms with van der Waals surface area (Å²) in [5.41, 5.74) is 0. The SMILES string of the molecule is COc1cccc(OC)c1S(=O)(=O)NC(CC(C)C)C(=O)O. The fourth-order valence-corrected chi connectivity index (χ4v) is 3.52. The van der Waals surface area contributed by atoms with E-state index in [9.17, 15) is 18.3 Å². The predicted octanol–water partition coefficient (Wildman–Crippen LogP) is 1.48. The van der Waals surface area contributed by atoms with Crippen LogP contribution in [-0.4, -0.2) is 39.8 Å². The second-order valence-electron chi connectivity index (χ2n) is 5.13. The molecule has 2 N–H and O–H groups in total. The van der Waals surface area contributed by atoms with Crippen LogP contribution in [0.25, 0.3) is 0 Å². The number of carboxylic acids is 1. The number of rotatable bonds is 8. The highest BCUT2D eigenvalue weighted by molar-refractivity contribution is 7.89. The average Bonchev–Trinajstić information content (AvgIpc) is 2.44. The van der Waals surface area contributed by atoms with Gasteiger partial charge in [-0.15, -0.1) is 0 Å². The molecule has 1 aromatic rings. The van der Waals surface area contributed by atoms with Crippen molar-refractivity contribution in [1.29, 1.82) is 0 Å². The molecule has 1 rings (SSSR count). The lowest BCUT2D eigenvalue weighted by Gasteiger charge is -2.19. The third-order valence-electron chi connectivity index (χ3n) is 2.95. The predicted molar refractivity (Wildman–Crippen MR) is 80.7 cm³/mol. The van der Waals surface area contributed by atoms with Crippen LogP contribution in [0.2, 0.25) is 0 Å². The van der Waals surface area contributed by atoms with Crippen molar-refractivity contribution in [3.8, 4) is 11.5 Å². The molecule has 0 radical (unpaired) electrons. The molecule has 0 spiro atoms. The first kappa shape index (κ1) is 18.2. The molecule has 7 nitrogen and oxygen atoms in total. The Hall–Kier alpha value is -1.80. The molecule has 0 aliphatic heterocycles. The van der Waals surface area contributed by atoms with Crippen molar-refractivity contribution in [1.82, 2.24) is 4.72 Å². The Morgan fingerprint density at radius 2 is 1.73 bits per heavy atom. The number of methoxy groups -OCH3 is 2. The van der Waals surface area contributed by atoms with E-state index in [2.05, 4.69) is 4.72 Å². The van der Waals surface area contributed by atoms with Crippen molar-refractivity contribution in [2.24, 2.45) is 5.92 Å². The number of aliphatic carboxylic acids is 1. The third kappa shape index (κ3) is 4.35. The molecule has 0 saturated carbocycles. The van der Waals surface area contributed by atoms with Crippen LogP contribution in [0.1, 0.15) is 20.3 Å². The highest BCUT2D eigenvalue weighted by Gasteiger charge is 2.30. The van der Waals surface area contributed by atoms with Crippen molar-refractivity contribution in [3.63, 3.8) is 0 Å². The van der Waals surface area contributed by atoms with E-state index in [1.807, 2.05) is 13.8 Å². The van der Waals surface area contributed by atoms with Gasteiger partial charge in [0.15, 0.2) is 4.90 Å². The quantitative estimate of drug-likeness (QED) is 0.748. The van der Waals surface area contributed by atoms with Gasteiger partial charge in [-0.05, 0) is 24.5 Å². The molecule has 0 fully saturated rings. The number of hydrogen-bond donors (Lipinski definition) is 2. The van der Waals surface area contributed by atoms with Crippen LogP contribution >= 0.6 is 0 Å². The van der Waals surface area contributed by atoms with Gasteiger partial charge in [-0.3, -0.25) is 4.79 Å². The van der Waals surface area contributed by atoms with Crippen molar-refractivity contribution >= 4 is 16.0 Å². The standard InChI is InChI=1S/C14H21NO6S/c1-9(2)8-10(14(16)17)15-22(18,19)13-11(20-3)6-5-7-12(13)21-4/h5-7,9-10,15H,8H2,1-4H3,(H,16,17). The molecule has 1 aromatic carbocycles. The number of sulfonamides is 1. The van der Waals surface area contributed by atoms with Crippen LogP contribution in [0.5, 0.6) is 11.5 Å². The van der Waals surface area contributed by atoms with E-state index in [1.54, 1.807) is 6.07 Å². The normalized spacial score (nSPS) is 13.0. The fraction of sp³-hybridized carbons (Fsp3) is 0.500. The summed E-state index contributed by atoms with van der Waals surface area (Å²) in [5, 5.41) is 9.20. The molecule has 0 saturated heterocycles. The summed E-state index contributed by atoms with van der Waals surface area (Å²) in [6.45, 7) is 3.63. The van der Waals surface area contributed by atoms with E-state index in [0.29, 0.717) is 0 Å². The zero-order chi connectivity index (χ0) is 16.9. The summed E-state index contributed by atoms with van der Waals surface area (Å²) >= 11 is 0. The fourth-order valence-electron chi connectivity index (χ4n) is 2.00. The van der Waals surface area contributed by atoms with E-state index in [-0.39, 0.29) is 28.7 Å². The van der Waals surface area contributed by atoms with Gasteiger partial charge in [0, 0.05) is 0 Å². The van der Waals surface area contributed by atoms with Crippen LogP contribution in [0.4, 0.5) is 0 Å². The van der Waals surface area contributed by atoms with Crippen molar-refractivity contribution in [2.45, 2.75) is 31.2 Å². The molecule has 0 heterocycles. The van der Waals surface area contributed by atoms with Crippen LogP contribution in [0, 0.1) is 5.92 Å². The zero-order valence-electron chi connectivity index (χ0n) is 13.0. The Morgan fingerprint density at radius 3 is 2.09 bits per heavy atom. The number of benzene rings is 1. The van der Waals surface area contributed by atoms with Gasteiger partial charge in [0.25, 0.3) is 0 Å². The van der Waals surface area contributed by atoms with Gasteiger partial charge in [-0.25, -0.2) is 8.42 Å². The van der Waals surface area contributed by atoms with Gasteiger partial charge < -0.3 is 14.6 Å². The minimum absolute atomic E-state index is 0.0170. The lowest BCUT2D eigenvalue weighted by atomic mass is 10.1. The van der Waals surface area contributed by atoms with Crippen molar-refractivity contribution in [2.75, 3.05) is 14.2 Å². The first-order valence-electron chi connectivity index (χ1n) is 6.69. The summed E-state index contributed by atoms with van der Waals surface area (Å²) in [6.07, 6.45) is 0.173. The Kier molecular flexibility index (Phi) is 6.19. The minimum atomic E-state index is -4.12. The van der Waals surface area contributed by atoms with Gasteiger partial charge in [0.05, 0.1) is 14.2 Å². The van der Waals surface area contributed by atoms with Gasteiger partial charge in [-0.1, -0.05) is 19.9 Å². The second-order valence-corrected chi connectivity index (χ2v) is 6.78. The molecule has 124 valence electrons. The zero-order valence-corrected chi connectivity index (χ0v) is 13.8. The van der Waals surface area contributed by atoms with E-state index in [4.69, 9.17) is 9.47 Å². The maximum Gasteiger partial charge on any atom is 0.321 e. The number of carboxylic acid groups (broad SMARTS) is 1. The summed E-state index contributed by atoms with van der Waals surface area (Å²) in [6, 6.07) is 3.30. The first-order valence-corrected chi connectivity index (χ1v) is 8.17. The van der Waals surface area contributed by atoms with Crippen LogP contribution in [0.15, 0.2) is 23.1 Å². The van der Waals surface area contributed by atoms with Gasteiger partial charge in [0.2, 0.25) is 10.0 Å². The molecular formula is C14H21NO6S. The lowest BCUT2D eigenvalue weighted by molar-refractivity contribution is -0.139. The highest BCUT2D eigenvalue weighted by Crippen LogP contribution is 2.33. The summed E-state index contributed by atoms with van der Waals surface area (Å²) in [4.78, 5) is 11.1. The maximum atomic E-state index is 12.6. The number of ether oxygens (including phenoxy) is 2. The molecule has 0 aliphatic rings. The number of hydrogen-bond acceptors (Lipinski definition) is 5. The molecular weight excluding hydrogens is 310 g/mol. The average molecular weight is 331 g/mol. The first-order chi connectivity index (χ1) is 10.2. The van der Waals surface area contributed by atoms with E-state index < -0.39 is 22.0 Å². The van der Waals surface area contributed by atoms with E-state index in [0.717, 1.165) is 0 Å². The molecule has 0 amide bonds. The molecule has 1 atom stereocenters. The molecule has 1 unspecified atom stereocenters. The van der Waals surface area contributed by atoms with Gasteiger partial charge in [-0.2, -0.15) is 4.72 Å². The number of carbonyl (C=O) groups is 1. The Balaban J connectivity index is 3.26. The van der Waals surface area contributed by atoms with Crippen LogP contribution in [0.3, 0.4) is 0 Å². The topological polar surface area (TPSA) is 102 Å². The Bertz CT molecular complexity index is 604. The van der Waals surface area contributed by atoms with Crippen molar-refractivity contribution in [3.05, 3.63) is 18.2 Å². The molecule has 22 heavy (non-hydrogen) atoms. The molecule has 0 aliphatic carbocycles. The molecule has 0 aromatic heterocycles. The largest absolute Gasteiger partial charge is 0.495 e. The molecule has 0 bridgehead atoms. The van der Waals surface area contributed by atoms with Gasteiger partial charge in [0.1, 0.15) is 17.5 Å². The lowest BCUT2D eigenvalue weighted by Crippen LogP contribution is -2.41. The molecule has 8 heteroatoms.